The molecule has 32 heavy (non-hydrogen) atoms. The van der Waals surface area contributed by atoms with Gasteiger partial charge in [0.1, 0.15) is 0 Å². The van der Waals surface area contributed by atoms with Gasteiger partial charge in [-0.15, -0.1) is 0 Å². The molecule has 1 aliphatic heterocycles. The van der Waals surface area contributed by atoms with Crippen LogP contribution in [0.25, 0.3) is 16.8 Å². The predicted molar refractivity (Wildman–Crippen MR) is 129 cm³/mol. The predicted octanol–water partition coefficient (Wildman–Crippen LogP) is 3.05. The average molecular weight is 436 g/mol. The Kier molecular flexibility index (Phi) is 7.89. The molecular weight excluding hydrogens is 402 g/mol. The van der Waals surface area contributed by atoms with Crippen molar-refractivity contribution in [3.63, 3.8) is 0 Å². The third kappa shape index (κ3) is 5.48. The lowest BCUT2D eigenvalue weighted by Gasteiger charge is -2.12. The first-order valence-electron chi connectivity index (χ1n) is 11.1. The molecule has 1 fully saturated rings. The number of fused-ring (bicyclic) bond motifs is 1. The van der Waals surface area contributed by atoms with Crippen LogP contribution in [-0.4, -0.2) is 24.9 Å². The van der Waals surface area contributed by atoms with E-state index in [1.807, 2.05) is 50.4 Å². The molecular formula is C25H33N5O2. The molecule has 0 saturated heterocycles. The smallest absolute Gasteiger partial charge is 0.231 e. The van der Waals surface area contributed by atoms with Crippen LogP contribution in [-0.2, 0) is 16.0 Å². The van der Waals surface area contributed by atoms with E-state index in [9.17, 15) is 9.59 Å². The number of benzene rings is 2. The molecule has 0 atom stereocenters. The molecule has 2 aliphatic rings. The Morgan fingerprint density at radius 3 is 2.38 bits per heavy atom. The van der Waals surface area contributed by atoms with Gasteiger partial charge in [-0.25, -0.2) is 0 Å². The van der Waals surface area contributed by atoms with Crippen LogP contribution in [0.2, 0.25) is 0 Å². The summed E-state index contributed by atoms with van der Waals surface area (Å²) in [7, 11) is 1.81. The molecule has 6 N–H and O–H groups in total. The van der Waals surface area contributed by atoms with E-state index in [1.54, 1.807) is 4.90 Å². The summed E-state index contributed by atoms with van der Waals surface area (Å²) in [5.41, 5.74) is 13.9. The highest BCUT2D eigenvalue weighted by Crippen LogP contribution is 2.32. The number of rotatable bonds is 5. The van der Waals surface area contributed by atoms with Crippen molar-refractivity contribution in [2.24, 2.45) is 11.6 Å². The molecule has 0 bridgehead atoms. The summed E-state index contributed by atoms with van der Waals surface area (Å²) in [4.78, 5) is 24.3. The van der Waals surface area contributed by atoms with Crippen LogP contribution in [0.3, 0.4) is 0 Å². The number of likely N-dealkylation sites (N-methyl/N-ethyl adjacent to an activating group) is 1. The largest absolute Gasteiger partial charge is 0.403 e. The van der Waals surface area contributed by atoms with Gasteiger partial charge in [0.25, 0.3) is 0 Å². The van der Waals surface area contributed by atoms with Crippen molar-refractivity contribution in [1.29, 1.82) is 0 Å². The Bertz CT molecular complexity index is 978. The van der Waals surface area contributed by atoms with Crippen LogP contribution in [0, 0.1) is 0 Å². The van der Waals surface area contributed by atoms with Gasteiger partial charge in [-0.2, -0.15) is 0 Å². The first-order valence-corrected chi connectivity index (χ1v) is 11.1. The van der Waals surface area contributed by atoms with E-state index >= 15 is 0 Å². The van der Waals surface area contributed by atoms with Crippen LogP contribution in [0.15, 0.2) is 48.7 Å². The highest BCUT2D eigenvalue weighted by Gasteiger charge is 2.24. The number of carbonyl (C=O) groups excluding carboxylic acids is 2. The van der Waals surface area contributed by atoms with Crippen molar-refractivity contribution < 1.29 is 9.59 Å². The molecule has 0 unspecified atom stereocenters. The highest BCUT2D eigenvalue weighted by molar-refractivity contribution is 6.01. The van der Waals surface area contributed by atoms with Gasteiger partial charge in [-0.05, 0) is 35.6 Å². The second-order valence-corrected chi connectivity index (χ2v) is 8.18. The van der Waals surface area contributed by atoms with Gasteiger partial charge in [0, 0.05) is 37.0 Å². The normalized spacial score (nSPS) is 15.8. The Morgan fingerprint density at radius 1 is 1.12 bits per heavy atom. The number of carbonyl (C=O) groups is 2. The number of hydrazine groups is 1. The van der Waals surface area contributed by atoms with Crippen LogP contribution >= 0.6 is 0 Å². The Labute approximate surface area is 189 Å². The second kappa shape index (κ2) is 10.8. The number of hydrogen-bond acceptors (Lipinski definition) is 5. The van der Waals surface area contributed by atoms with Gasteiger partial charge in [0.15, 0.2) is 0 Å². The van der Waals surface area contributed by atoms with Crippen LogP contribution in [0.4, 0.5) is 5.69 Å². The van der Waals surface area contributed by atoms with Crippen molar-refractivity contribution in [3.05, 3.63) is 59.8 Å². The van der Waals surface area contributed by atoms with Gasteiger partial charge in [-0.3, -0.25) is 15.4 Å². The molecule has 7 nitrogen and oxygen atoms in total. The first kappa shape index (κ1) is 23.3. The molecule has 2 amide bonds. The fourth-order valence-electron chi connectivity index (χ4n) is 4.09. The lowest BCUT2D eigenvalue weighted by Crippen LogP contribution is -2.31. The average Bonchev–Trinajstić information content (AvgIpc) is 3.43. The SMILES string of the molecule is CCC(=O)NC1CCCC1.CN1C(=O)Cc2ccc(-c3ccc(/C(=C/N)NN)cc3)cc21. The van der Waals surface area contributed by atoms with Crippen LogP contribution in [0.5, 0.6) is 0 Å². The highest BCUT2D eigenvalue weighted by atomic mass is 16.2. The zero-order valence-corrected chi connectivity index (χ0v) is 18.9. The summed E-state index contributed by atoms with van der Waals surface area (Å²) >= 11 is 0. The molecule has 0 aromatic heterocycles. The van der Waals surface area contributed by atoms with E-state index in [2.05, 4.69) is 16.8 Å². The lowest BCUT2D eigenvalue weighted by molar-refractivity contribution is -0.121. The summed E-state index contributed by atoms with van der Waals surface area (Å²) in [5.74, 6) is 5.75. The number of nitrogens with zero attached hydrogens (tertiary/aromatic N) is 1. The third-order valence-corrected chi connectivity index (χ3v) is 6.06. The molecule has 1 aliphatic carbocycles. The number of nitrogens with one attached hydrogen (secondary N) is 2. The number of nitrogens with two attached hydrogens (primary N) is 2. The standard InChI is InChI=1S/C17H18N4O.C8H15NO/c1-21-16-8-13(6-7-14(16)9-17(21)22)11-2-4-12(5-3-11)15(10-18)20-19;1-2-8(10)9-7-5-3-4-6-7/h2-8,10,20H,9,18-19H2,1H3;7H,2-6H2,1H3,(H,9,10)/b15-10-;. The van der Waals surface area contributed by atoms with Gasteiger partial charge in [0.05, 0.1) is 12.1 Å². The van der Waals surface area contributed by atoms with Crippen molar-refractivity contribution >= 4 is 23.2 Å². The van der Waals surface area contributed by atoms with Crippen molar-refractivity contribution in [3.8, 4) is 11.1 Å². The molecule has 1 saturated carbocycles. The molecule has 7 heteroatoms. The van der Waals surface area contributed by atoms with E-state index in [0.717, 1.165) is 27.9 Å². The maximum Gasteiger partial charge on any atom is 0.231 e. The minimum absolute atomic E-state index is 0.134. The minimum atomic E-state index is 0.134. The molecule has 0 radical (unpaired) electrons. The van der Waals surface area contributed by atoms with E-state index in [-0.39, 0.29) is 11.8 Å². The van der Waals surface area contributed by atoms with Crippen molar-refractivity contribution in [2.75, 3.05) is 11.9 Å². The Morgan fingerprint density at radius 2 is 1.78 bits per heavy atom. The van der Waals surface area contributed by atoms with Crippen LogP contribution in [0.1, 0.15) is 50.2 Å². The van der Waals surface area contributed by atoms with Crippen molar-refractivity contribution in [2.45, 2.75) is 51.5 Å². The molecule has 2 aromatic carbocycles. The Balaban J connectivity index is 0.000000243. The van der Waals surface area contributed by atoms with E-state index < -0.39 is 0 Å². The fourth-order valence-corrected chi connectivity index (χ4v) is 4.09. The maximum atomic E-state index is 11.8. The van der Waals surface area contributed by atoms with E-state index in [4.69, 9.17) is 11.6 Å². The summed E-state index contributed by atoms with van der Waals surface area (Å²) in [6, 6.07) is 14.5. The zero-order chi connectivity index (χ0) is 23.1. The van der Waals surface area contributed by atoms with E-state index in [0.29, 0.717) is 24.6 Å². The third-order valence-electron chi connectivity index (χ3n) is 6.06. The van der Waals surface area contributed by atoms with Gasteiger partial charge < -0.3 is 21.4 Å². The molecule has 2 aromatic rings. The molecule has 1 heterocycles. The monoisotopic (exact) mass is 435 g/mol. The number of anilines is 1. The number of amides is 2. The van der Waals surface area contributed by atoms with Crippen molar-refractivity contribution in [1.82, 2.24) is 10.7 Å². The summed E-state index contributed by atoms with van der Waals surface area (Å²) < 4.78 is 0. The van der Waals surface area contributed by atoms with E-state index in [1.165, 1.54) is 31.9 Å². The first-order chi connectivity index (χ1) is 15.5. The topological polar surface area (TPSA) is 113 Å². The summed E-state index contributed by atoms with van der Waals surface area (Å²) in [6.45, 7) is 1.89. The number of hydrogen-bond donors (Lipinski definition) is 4. The maximum absolute atomic E-state index is 11.8. The van der Waals surface area contributed by atoms with Gasteiger partial charge in [-0.1, -0.05) is 56.2 Å². The fraction of sp³-hybridized carbons (Fsp3) is 0.360. The molecule has 170 valence electrons. The quantitative estimate of drug-likeness (QED) is 0.426. The van der Waals surface area contributed by atoms with Gasteiger partial charge >= 0.3 is 0 Å². The minimum Gasteiger partial charge on any atom is -0.403 e. The Hall–Kier alpha value is -3.32. The van der Waals surface area contributed by atoms with Crippen LogP contribution < -0.4 is 27.2 Å². The molecule has 0 spiro atoms. The summed E-state index contributed by atoms with van der Waals surface area (Å²) in [5, 5.41) is 2.99. The zero-order valence-electron chi connectivity index (χ0n) is 18.9. The lowest BCUT2D eigenvalue weighted by atomic mass is 10.0. The summed E-state index contributed by atoms with van der Waals surface area (Å²) in [6.07, 6.45) is 7.49. The van der Waals surface area contributed by atoms with Gasteiger partial charge in [0.2, 0.25) is 11.8 Å². The molecule has 4 rings (SSSR count). The second-order valence-electron chi connectivity index (χ2n) is 8.18.